The highest BCUT2D eigenvalue weighted by Crippen LogP contribution is 2.18. The van der Waals surface area contributed by atoms with Crippen LogP contribution < -0.4 is 15.4 Å². The normalized spacial score (nSPS) is 22.1. The molecule has 3 rings (SSSR count). The molecule has 1 aromatic rings. The standard InChI is InChI=1S/C21H30N4O4/c1-3-24-12-4-5-16(24)13-22-19(26)11-10-18-20(27)25(21(28)23-18)14-15-6-8-17(29-2)9-7-15/h6-9,16,18H,3-5,10-14H2,1-2H3,(H,22,26)(H,23,28). The lowest BCUT2D eigenvalue weighted by molar-refractivity contribution is -0.128. The second-order valence-corrected chi connectivity index (χ2v) is 7.54. The van der Waals surface area contributed by atoms with E-state index in [4.69, 9.17) is 4.74 Å². The summed E-state index contributed by atoms with van der Waals surface area (Å²) in [6, 6.07) is 6.56. The lowest BCUT2D eigenvalue weighted by Gasteiger charge is -2.22. The molecule has 29 heavy (non-hydrogen) atoms. The summed E-state index contributed by atoms with van der Waals surface area (Å²) in [6.45, 7) is 5.05. The van der Waals surface area contributed by atoms with Gasteiger partial charge in [-0.1, -0.05) is 19.1 Å². The molecule has 2 unspecified atom stereocenters. The Morgan fingerprint density at radius 3 is 2.72 bits per heavy atom. The summed E-state index contributed by atoms with van der Waals surface area (Å²) < 4.78 is 5.12. The largest absolute Gasteiger partial charge is 0.497 e. The summed E-state index contributed by atoms with van der Waals surface area (Å²) in [7, 11) is 1.58. The number of nitrogens with zero attached hydrogens (tertiary/aromatic N) is 2. The predicted octanol–water partition coefficient (Wildman–Crippen LogP) is 1.50. The van der Waals surface area contributed by atoms with E-state index in [1.165, 1.54) is 11.3 Å². The highest BCUT2D eigenvalue weighted by Gasteiger charge is 2.37. The Kier molecular flexibility index (Phi) is 7.09. The smallest absolute Gasteiger partial charge is 0.325 e. The van der Waals surface area contributed by atoms with Crippen molar-refractivity contribution in [3.05, 3.63) is 29.8 Å². The first-order valence-electron chi connectivity index (χ1n) is 10.3. The number of imide groups is 1. The number of hydrogen-bond donors (Lipinski definition) is 2. The fourth-order valence-corrected chi connectivity index (χ4v) is 3.97. The predicted molar refractivity (Wildman–Crippen MR) is 108 cm³/mol. The Bertz CT molecular complexity index is 737. The van der Waals surface area contributed by atoms with Gasteiger partial charge in [0, 0.05) is 19.0 Å². The van der Waals surface area contributed by atoms with Gasteiger partial charge in [0.25, 0.3) is 5.91 Å². The van der Waals surface area contributed by atoms with Crippen molar-refractivity contribution in [3.63, 3.8) is 0 Å². The molecule has 2 heterocycles. The molecule has 0 saturated carbocycles. The minimum Gasteiger partial charge on any atom is -0.497 e. The Morgan fingerprint density at radius 1 is 1.28 bits per heavy atom. The molecule has 0 aromatic heterocycles. The summed E-state index contributed by atoms with van der Waals surface area (Å²) in [5.41, 5.74) is 0.838. The van der Waals surface area contributed by atoms with Crippen LogP contribution in [0.4, 0.5) is 4.79 Å². The third-order valence-electron chi connectivity index (χ3n) is 5.71. The van der Waals surface area contributed by atoms with Gasteiger partial charge >= 0.3 is 6.03 Å². The highest BCUT2D eigenvalue weighted by atomic mass is 16.5. The van der Waals surface area contributed by atoms with Crippen LogP contribution in [0, 0.1) is 0 Å². The number of carbonyl (C=O) groups excluding carboxylic acids is 3. The van der Waals surface area contributed by atoms with Crippen LogP contribution in [0.25, 0.3) is 0 Å². The van der Waals surface area contributed by atoms with E-state index in [2.05, 4.69) is 22.5 Å². The summed E-state index contributed by atoms with van der Waals surface area (Å²) in [5.74, 6) is 0.352. The van der Waals surface area contributed by atoms with Gasteiger partial charge in [-0.25, -0.2) is 4.79 Å². The van der Waals surface area contributed by atoms with Crippen LogP contribution in [0.15, 0.2) is 24.3 Å². The summed E-state index contributed by atoms with van der Waals surface area (Å²) in [6.07, 6.45) is 2.79. The van der Waals surface area contributed by atoms with Gasteiger partial charge in [-0.3, -0.25) is 19.4 Å². The SMILES string of the molecule is CCN1CCCC1CNC(=O)CCC1NC(=O)N(Cc2ccc(OC)cc2)C1=O. The van der Waals surface area contributed by atoms with Crippen molar-refractivity contribution in [2.45, 2.75) is 51.2 Å². The maximum Gasteiger partial charge on any atom is 0.325 e. The van der Waals surface area contributed by atoms with Crippen molar-refractivity contribution in [2.24, 2.45) is 0 Å². The molecule has 0 radical (unpaired) electrons. The van der Waals surface area contributed by atoms with Crippen molar-refractivity contribution in [2.75, 3.05) is 26.7 Å². The minimum absolute atomic E-state index is 0.0800. The number of nitrogens with one attached hydrogen (secondary N) is 2. The topological polar surface area (TPSA) is 91.0 Å². The Labute approximate surface area is 171 Å². The monoisotopic (exact) mass is 402 g/mol. The van der Waals surface area contributed by atoms with E-state index in [0.29, 0.717) is 19.0 Å². The molecule has 2 saturated heterocycles. The van der Waals surface area contributed by atoms with E-state index in [-0.39, 0.29) is 24.8 Å². The third-order valence-corrected chi connectivity index (χ3v) is 5.71. The quantitative estimate of drug-likeness (QED) is 0.611. The summed E-state index contributed by atoms with van der Waals surface area (Å²) in [5, 5.41) is 5.66. The molecule has 1 aromatic carbocycles. The first kappa shape index (κ1) is 21.1. The molecule has 4 amide bonds. The number of likely N-dealkylation sites (N-methyl/N-ethyl adjacent to an activating group) is 1. The molecule has 2 fully saturated rings. The number of benzene rings is 1. The van der Waals surface area contributed by atoms with Gasteiger partial charge in [0.2, 0.25) is 5.91 Å². The average molecular weight is 402 g/mol. The second kappa shape index (κ2) is 9.73. The molecule has 158 valence electrons. The number of hydrogen-bond acceptors (Lipinski definition) is 5. The maximum absolute atomic E-state index is 12.6. The Hall–Kier alpha value is -2.61. The van der Waals surface area contributed by atoms with Gasteiger partial charge in [-0.15, -0.1) is 0 Å². The van der Waals surface area contributed by atoms with E-state index in [9.17, 15) is 14.4 Å². The van der Waals surface area contributed by atoms with E-state index in [1.807, 2.05) is 12.1 Å². The number of methoxy groups -OCH3 is 1. The third kappa shape index (κ3) is 5.26. The number of urea groups is 1. The van der Waals surface area contributed by atoms with Crippen molar-refractivity contribution in [1.29, 1.82) is 0 Å². The Morgan fingerprint density at radius 2 is 2.03 bits per heavy atom. The molecule has 0 spiro atoms. The zero-order chi connectivity index (χ0) is 20.8. The van der Waals surface area contributed by atoms with Crippen LogP contribution in [0.1, 0.15) is 38.2 Å². The molecule has 8 nitrogen and oxygen atoms in total. The number of likely N-dealkylation sites (tertiary alicyclic amines) is 1. The molecular weight excluding hydrogens is 372 g/mol. The first-order valence-corrected chi connectivity index (χ1v) is 10.3. The lowest BCUT2D eigenvalue weighted by atomic mass is 10.1. The van der Waals surface area contributed by atoms with E-state index >= 15 is 0 Å². The van der Waals surface area contributed by atoms with Gasteiger partial charge in [0.15, 0.2) is 0 Å². The van der Waals surface area contributed by atoms with Crippen LogP contribution in [0.2, 0.25) is 0 Å². The van der Waals surface area contributed by atoms with Crippen molar-refractivity contribution >= 4 is 17.8 Å². The van der Waals surface area contributed by atoms with Crippen LogP contribution >= 0.6 is 0 Å². The van der Waals surface area contributed by atoms with Crippen molar-refractivity contribution in [1.82, 2.24) is 20.4 Å². The van der Waals surface area contributed by atoms with Crippen LogP contribution in [0.3, 0.4) is 0 Å². The van der Waals surface area contributed by atoms with Crippen LogP contribution in [0.5, 0.6) is 5.75 Å². The van der Waals surface area contributed by atoms with Gasteiger partial charge in [-0.05, 0) is 50.0 Å². The van der Waals surface area contributed by atoms with Gasteiger partial charge < -0.3 is 15.4 Å². The molecule has 2 aliphatic rings. The number of amides is 4. The maximum atomic E-state index is 12.6. The second-order valence-electron chi connectivity index (χ2n) is 7.54. The fraction of sp³-hybridized carbons (Fsp3) is 0.571. The number of ether oxygens (including phenoxy) is 1. The van der Waals surface area contributed by atoms with Crippen LogP contribution in [-0.4, -0.2) is 66.5 Å². The first-order chi connectivity index (χ1) is 14.0. The molecule has 2 atom stereocenters. The van der Waals surface area contributed by atoms with Gasteiger partial charge in [-0.2, -0.15) is 0 Å². The molecule has 0 bridgehead atoms. The minimum atomic E-state index is -0.648. The molecule has 0 aliphatic carbocycles. The van der Waals surface area contributed by atoms with E-state index < -0.39 is 12.1 Å². The number of carbonyl (C=O) groups is 3. The Balaban J connectivity index is 1.44. The molecule has 8 heteroatoms. The average Bonchev–Trinajstić information content (AvgIpc) is 3.30. The fourth-order valence-electron chi connectivity index (χ4n) is 3.97. The molecular formula is C21H30N4O4. The molecule has 2 aliphatic heterocycles. The summed E-state index contributed by atoms with van der Waals surface area (Å²) >= 11 is 0. The lowest BCUT2D eigenvalue weighted by Crippen LogP contribution is -2.40. The molecule has 2 N–H and O–H groups in total. The van der Waals surface area contributed by atoms with E-state index in [1.54, 1.807) is 19.2 Å². The summed E-state index contributed by atoms with van der Waals surface area (Å²) in [4.78, 5) is 40.5. The highest BCUT2D eigenvalue weighted by molar-refractivity contribution is 6.04. The zero-order valence-electron chi connectivity index (χ0n) is 17.1. The van der Waals surface area contributed by atoms with E-state index in [0.717, 1.165) is 30.8 Å². The van der Waals surface area contributed by atoms with Crippen LogP contribution in [-0.2, 0) is 16.1 Å². The van der Waals surface area contributed by atoms with Gasteiger partial charge in [0.05, 0.1) is 13.7 Å². The number of rotatable bonds is 9. The zero-order valence-corrected chi connectivity index (χ0v) is 17.1. The van der Waals surface area contributed by atoms with Crippen molar-refractivity contribution in [3.8, 4) is 5.75 Å². The van der Waals surface area contributed by atoms with Crippen molar-refractivity contribution < 1.29 is 19.1 Å². The van der Waals surface area contributed by atoms with Gasteiger partial charge in [0.1, 0.15) is 11.8 Å².